The predicted molar refractivity (Wildman–Crippen MR) is 110 cm³/mol. The van der Waals surface area contributed by atoms with Gasteiger partial charge in [-0.15, -0.1) is 0 Å². The van der Waals surface area contributed by atoms with Gasteiger partial charge >= 0.3 is 0 Å². The smallest absolute Gasteiger partial charge is 0.284 e. The number of amides is 1. The Balaban J connectivity index is 1.79. The molecule has 1 aliphatic rings. The summed E-state index contributed by atoms with van der Waals surface area (Å²) < 4.78 is 0.949. The van der Waals surface area contributed by atoms with Crippen LogP contribution in [0, 0.1) is 16.0 Å². The number of halogens is 1. The molecule has 1 N–H and O–H groups in total. The van der Waals surface area contributed by atoms with Gasteiger partial charge in [-0.1, -0.05) is 47.5 Å². The number of nitrogens with zero attached hydrogens (tertiary/aromatic N) is 1. The van der Waals surface area contributed by atoms with Crippen LogP contribution in [-0.4, -0.2) is 16.9 Å². The standard InChI is InChI=1S/C20H21BrN2O3S/c1-13-4-2-3-5-17(13)22-20(24)14-6-11-19(18(12-14)23(25)26)27-16-9-7-15(21)8-10-16/h6-13,17H,2-5H2,1H3,(H,22,24)/t13-,17-/m0/s1. The van der Waals surface area contributed by atoms with Crippen LogP contribution in [0.5, 0.6) is 0 Å². The lowest BCUT2D eigenvalue weighted by atomic mass is 9.86. The monoisotopic (exact) mass is 448 g/mol. The molecule has 1 fully saturated rings. The largest absolute Gasteiger partial charge is 0.349 e. The van der Waals surface area contributed by atoms with Crippen molar-refractivity contribution >= 4 is 39.3 Å². The molecule has 1 aliphatic carbocycles. The summed E-state index contributed by atoms with van der Waals surface area (Å²) in [6.07, 6.45) is 4.37. The molecule has 3 rings (SSSR count). The van der Waals surface area contributed by atoms with E-state index in [4.69, 9.17) is 0 Å². The van der Waals surface area contributed by atoms with E-state index in [0.29, 0.717) is 16.4 Å². The fourth-order valence-corrected chi connectivity index (χ4v) is 4.46. The summed E-state index contributed by atoms with van der Waals surface area (Å²) in [5.74, 6) is 0.196. The summed E-state index contributed by atoms with van der Waals surface area (Å²) in [4.78, 5) is 25.1. The maximum absolute atomic E-state index is 12.6. The molecule has 0 aromatic heterocycles. The number of carbonyl (C=O) groups is 1. The van der Waals surface area contributed by atoms with Crippen molar-refractivity contribution in [3.05, 3.63) is 62.6 Å². The quantitative estimate of drug-likeness (QED) is 0.462. The molecule has 7 heteroatoms. The van der Waals surface area contributed by atoms with E-state index in [0.717, 1.165) is 28.6 Å². The number of carbonyl (C=O) groups excluding carboxylic acids is 1. The van der Waals surface area contributed by atoms with Crippen LogP contribution in [0.4, 0.5) is 5.69 Å². The molecule has 0 bridgehead atoms. The fourth-order valence-electron chi connectivity index (χ4n) is 3.30. The topological polar surface area (TPSA) is 72.2 Å². The minimum Gasteiger partial charge on any atom is -0.349 e. The van der Waals surface area contributed by atoms with Crippen molar-refractivity contribution in [1.29, 1.82) is 0 Å². The maximum Gasteiger partial charge on any atom is 0.284 e. The minimum absolute atomic E-state index is 0.0488. The summed E-state index contributed by atoms with van der Waals surface area (Å²) in [7, 11) is 0. The second-order valence-corrected chi connectivity index (χ2v) is 8.87. The van der Waals surface area contributed by atoms with E-state index in [1.54, 1.807) is 12.1 Å². The molecule has 1 saturated carbocycles. The first-order valence-corrected chi connectivity index (χ1v) is 10.6. The lowest BCUT2D eigenvalue weighted by Crippen LogP contribution is -2.41. The first kappa shape index (κ1) is 19.9. The van der Waals surface area contributed by atoms with Crippen molar-refractivity contribution < 1.29 is 9.72 Å². The highest BCUT2D eigenvalue weighted by molar-refractivity contribution is 9.10. The zero-order chi connectivity index (χ0) is 19.4. The maximum atomic E-state index is 12.6. The average molecular weight is 449 g/mol. The van der Waals surface area contributed by atoms with Crippen LogP contribution >= 0.6 is 27.7 Å². The van der Waals surface area contributed by atoms with Crippen molar-refractivity contribution in [3.8, 4) is 0 Å². The number of hydrogen-bond acceptors (Lipinski definition) is 4. The zero-order valence-electron chi connectivity index (χ0n) is 15.0. The van der Waals surface area contributed by atoms with E-state index in [2.05, 4.69) is 28.2 Å². The summed E-state index contributed by atoms with van der Waals surface area (Å²) >= 11 is 4.69. The van der Waals surface area contributed by atoms with Crippen molar-refractivity contribution in [2.24, 2.45) is 5.92 Å². The lowest BCUT2D eigenvalue weighted by molar-refractivity contribution is -0.387. The van der Waals surface area contributed by atoms with Gasteiger partial charge in [0.25, 0.3) is 11.6 Å². The second-order valence-electron chi connectivity index (χ2n) is 6.84. The van der Waals surface area contributed by atoms with Crippen molar-refractivity contribution in [3.63, 3.8) is 0 Å². The highest BCUT2D eigenvalue weighted by atomic mass is 79.9. The molecule has 0 spiro atoms. The first-order valence-electron chi connectivity index (χ1n) is 8.97. The Kier molecular flexibility index (Phi) is 6.55. The van der Waals surface area contributed by atoms with Crippen LogP contribution in [0.25, 0.3) is 0 Å². The fraction of sp³-hybridized carbons (Fsp3) is 0.350. The third-order valence-corrected chi connectivity index (χ3v) is 6.49. The number of hydrogen-bond donors (Lipinski definition) is 1. The molecule has 0 heterocycles. The van der Waals surface area contributed by atoms with Crippen LogP contribution in [0.1, 0.15) is 43.0 Å². The SMILES string of the molecule is C[C@H]1CCCC[C@@H]1NC(=O)c1ccc(Sc2ccc(Br)cc2)c([N+](=O)[O-])c1. The molecule has 0 aliphatic heterocycles. The van der Waals surface area contributed by atoms with Crippen molar-refractivity contribution in [1.82, 2.24) is 5.32 Å². The first-order chi connectivity index (χ1) is 12.9. The zero-order valence-corrected chi connectivity index (χ0v) is 17.4. The van der Waals surface area contributed by atoms with Crippen LogP contribution in [0.2, 0.25) is 0 Å². The average Bonchev–Trinajstić information content (AvgIpc) is 2.65. The third kappa shape index (κ3) is 5.11. The Hall–Kier alpha value is -1.86. The van der Waals surface area contributed by atoms with Gasteiger partial charge in [-0.2, -0.15) is 0 Å². The van der Waals surface area contributed by atoms with E-state index in [-0.39, 0.29) is 17.6 Å². The molecule has 1 amide bonds. The molecule has 2 atom stereocenters. The summed E-state index contributed by atoms with van der Waals surface area (Å²) in [5, 5.41) is 14.6. The minimum atomic E-state index is -0.429. The highest BCUT2D eigenvalue weighted by Gasteiger charge is 2.24. The molecule has 27 heavy (non-hydrogen) atoms. The summed E-state index contributed by atoms with van der Waals surface area (Å²) in [6.45, 7) is 2.14. The van der Waals surface area contributed by atoms with Crippen LogP contribution in [0.15, 0.2) is 56.7 Å². The van der Waals surface area contributed by atoms with Gasteiger partial charge in [0.05, 0.1) is 9.82 Å². The number of nitro groups is 1. The summed E-state index contributed by atoms with van der Waals surface area (Å²) in [6, 6.07) is 12.4. The van der Waals surface area contributed by atoms with Crippen LogP contribution < -0.4 is 5.32 Å². The number of rotatable bonds is 5. The highest BCUT2D eigenvalue weighted by Crippen LogP contribution is 2.36. The van der Waals surface area contributed by atoms with Gasteiger partial charge in [-0.25, -0.2) is 0 Å². The molecular weight excluding hydrogens is 428 g/mol. The van der Waals surface area contributed by atoms with Crippen molar-refractivity contribution in [2.45, 2.75) is 48.4 Å². The molecule has 2 aromatic rings. The van der Waals surface area contributed by atoms with E-state index < -0.39 is 4.92 Å². The Morgan fingerprint density at radius 1 is 1.19 bits per heavy atom. The van der Waals surface area contributed by atoms with E-state index in [9.17, 15) is 14.9 Å². The van der Waals surface area contributed by atoms with Gasteiger partial charge in [-0.3, -0.25) is 14.9 Å². The Bertz CT molecular complexity index is 842. The van der Waals surface area contributed by atoms with E-state index >= 15 is 0 Å². The number of benzene rings is 2. The lowest BCUT2D eigenvalue weighted by Gasteiger charge is -2.29. The van der Waals surface area contributed by atoms with Gasteiger partial charge in [0.15, 0.2) is 0 Å². The molecule has 0 unspecified atom stereocenters. The molecule has 2 aromatic carbocycles. The van der Waals surface area contributed by atoms with Gasteiger partial charge in [-0.05, 0) is 55.2 Å². The molecule has 5 nitrogen and oxygen atoms in total. The van der Waals surface area contributed by atoms with E-state index in [1.807, 2.05) is 24.3 Å². The van der Waals surface area contributed by atoms with Crippen LogP contribution in [-0.2, 0) is 0 Å². The molecular formula is C20H21BrN2O3S. The Morgan fingerprint density at radius 2 is 1.89 bits per heavy atom. The molecule has 0 radical (unpaired) electrons. The van der Waals surface area contributed by atoms with Crippen LogP contribution in [0.3, 0.4) is 0 Å². The van der Waals surface area contributed by atoms with Gasteiger partial charge in [0, 0.05) is 27.0 Å². The predicted octanol–water partition coefficient (Wildman–Crippen LogP) is 5.82. The molecule has 142 valence electrons. The van der Waals surface area contributed by atoms with Crippen molar-refractivity contribution in [2.75, 3.05) is 0 Å². The van der Waals surface area contributed by atoms with E-state index in [1.165, 1.54) is 24.2 Å². The Morgan fingerprint density at radius 3 is 2.56 bits per heavy atom. The van der Waals surface area contributed by atoms with Gasteiger partial charge in [0.2, 0.25) is 0 Å². The number of nitro benzene ring substituents is 1. The second kappa shape index (κ2) is 8.89. The number of nitrogens with one attached hydrogen (secondary N) is 1. The normalized spacial score (nSPS) is 19.5. The summed E-state index contributed by atoms with van der Waals surface area (Å²) in [5.41, 5.74) is 0.284. The molecule has 0 saturated heterocycles. The Labute approximate surface area is 171 Å². The third-order valence-electron chi connectivity index (χ3n) is 4.89. The van der Waals surface area contributed by atoms with Gasteiger partial charge in [0.1, 0.15) is 0 Å². The van der Waals surface area contributed by atoms with Gasteiger partial charge < -0.3 is 5.32 Å².